The molecule has 0 aromatic heterocycles. The van der Waals surface area contributed by atoms with Crippen LogP contribution in [0.15, 0.2) is 22.4 Å². The lowest BCUT2D eigenvalue weighted by Crippen LogP contribution is -2.32. The highest BCUT2D eigenvalue weighted by atomic mass is 35.5. The number of nitrogens with one attached hydrogen (secondary N) is 2. The van der Waals surface area contributed by atoms with Crippen LogP contribution in [0, 0.1) is 0 Å². The molecule has 1 spiro atoms. The first kappa shape index (κ1) is 11.4. The summed E-state index contributed by atoms with van der Waals surface area (Å²) in [5, 5.41) is 2.89. The number of alkyl halides is 1. The second kappa shape index (κ2) is 3.40. The second-order valence-electron chi connectivity index (χ2n) is 4.70. The van der Waals surface area contributed by atoms with Crippen LogP contribution in [0.1, 0.15) is 19.8 Å². The Balaban J connectivity index is 2.09. The molecule has 0 aromatic rings. The van der Waals surface area contributed by atoms with Crippen LogP contribution in [0.5, 0.6) is 0 Å². The number of ether oxygens (including phenoxy) is 1. The molecule has 0 amide bonds. The fourth-order valence-corrected chi connectivity index (χ4v) is 3.36. The van der Waals surface area contributed by atoms with Gasteiger partial charge in [0.15, 0.2) is 0 Å². The zero-order valence-electron chi connectivity index (χ0n) is 9.29. The summed E-state index contributed by atoms with van der Waals surface area (Å²) >= 11 is 6.04. The van der Waals surface area contributed by atoms with Gasteiger partial charge in [0.1, 0.15) is 16.0 Å². The maximum Gasteiger partial charge on any atom is 0.245 e. The molecule has 3 rings (SSSR count). The lowest BCUT2D eigenvalue weighted by Gasteiger charge is -2.24. The first-order valence-corrected chi connectivity index (χ1v) is 7.36. The summed E-state index contributed by atoms with van der Waals surface area (Å²) in [6, 6.07) is 0. The molecular formula is C10H13ClN2O3S. The first-order chi connectivity index (χ1) is 7.92. The van der Waals surface area contributed by atoms with Gasteiger partial charge >= 0.3 is 0 Å². The standard InChI is InChI=1S/C10H13ClN2O3S/c1-6-4-7-9(13-8(6)11)16-10(2-3-10)5-12-17(7,14)15/h4,8,12-13H,2-3,5H2,1H3. The summed E-state index contributed by atoms with van der Waals surface area (Å²) in [6.07, 6.45) is 3.29. The van der Waals surface area contributed by atoms with Gasteiger partial charge in [-0.2, -0.15) is 0 Å². The van der Waals surface area contributed by atoms with Crippen molar-refractivity contribution in [2.45, 2.75) is 30.9 Å². The fourth-order valence-electron chi connectivity index (χ4n) is 1.90. The minimum atomic E-state index is -3.50. The zero-order chi connectivity index (χ0) is 12.3. The molecule has 7 heteroatoms. The van der Waals surface area contributed by atoms with E-state index in [1.807, 2.05) is 0 Å². The fraction of sp³-hybridized carbons (Fsp3) is 0.600. The van der Waals surface area contributed by atoms with Crippen molar-refractivity contribution in [2.75, 3.05) is 6.54 Å². The van der Waals surface area contributed by atoms with Gasteiger partial charge in [-0.05, 0) is 31.4 Å². The molecule has 3 aliphatic rings. The van der Waals surface area contributed by atoms with Crippen LogP contribution in [-0.2, 0) is 14.8 Å². The van der Waals surface area contributed by atoms with E-state index in [1.54, 1.807) is 13.0 Å². The van der Waals surface area contributed by atoms with Crippen molar-refractivity contribution >= 4 is 21.6 Å². The van der Waals surface area contributed by atoms with Gasteiger partial charge in [0.05, 0.1) is 6.54 Å². The summed E-state index contributed by atoms with van der Waals surface area (Å²) in [5.74, 6) is 0.276. The Hall–Kier alpha value is -0.720. The monoisotopic (exact) mass is 276 g/mol. The van der Waals surface area contributed by atoms with Gasteiger partial charge in [-0.15, -0.1) is 0 Å². The van der Waals surface area contributed by atoms with E-state index in [9.17, 15) is 8.42 Å². The van der Waals surface area contributed by atoms with Gasteiger partial charge in [-0.3, -0.25) is 0 Å². The quantitative estimate of drug-likeness (QED) is 0.506. The van der Waals surface area contributed by atoms with Crippen LogP contribution < -0.4 is 10.0 Å². The van der Waals surface area contributed by atoms with E-state index in [0.717, 1.165) is 18.4 Å². The van der Waals surface area contributed by atoms with E-state index in [4.69, 9.17) is 16.3 Å². The number of sulfonamides is 1. The maximum absolute atomic E-state index is 12.0. The van der Waals surface area contributed by atoms with Crippen LogP contribution in [0.2, 0.25) is 0 Å². The average molecular weight is 277 g/mol. The zero-order valence-corrected chi connectivity index (χ0v) is 10.9. The van der Waals surface area contributed by atoms with Crippen LogP contribution in [0.4, 0.5) is 0 Å². The number of rotatable bonds is 0. The smallest absolute Gasteiger partial charge is 0.245 e. The third kappa shape index (κ3) is 1.84. The summed E-state index contributed by atoms with van der Waals surface area (Å²) in [7, 11) is -3.50. The Labute approximate surface area is 105 Å². The number of hydrogen-bond donors (Lipinski definition) is 2. The van der Waals surface area contributed by atoms with Gasteiger partial charge in [0.2, 0.25) is 15.9 Å². The summed E-state index contributed by atoms with van der Waals surface area (Å²) in [4.78, 5) is 0.149. The third-order valence-corrected chi connectivity index (χ3v) is 5.10. The van der Waals surface area contributed by atoms with E-state index in [1.165, 1.54) is 0 Å². The predicted octanol–water partition coefficient (Wildman–Crippen LogP) is 0.752. The minimum absolute atomic E-state index is 0.149. The molecule has 1 aliphatic carbocycles. The molecular weight excluding hydrogens is 264 g/mol. The Bertz CT molecular complexity index is 534. The lowest BCUT2D eigenvalue weighted by molar-refractivity contribution is 0.0845. The molecule has 2 N–H and O–H groups in total. The molecule has 1 unspecified atom stereocenters. The van der Waals surface area contributed by atoms with Crippen molar-refractivity contribution in [3.63, 3.8) is 0 Å². The molecule has 94 valence electrons. The molecule has 1 fully saturated rings. The Morgan fingerprint density at radius 3 is 2.88 bits per heavy atom. The molecule has 2 heterocycles. The van der Waals surface area contributed by atoms with Crippen molar-refractivity contribution in [3.05, 3.63) is 22.4 Å². The van der Waals surface area contributed by atoms with Gasteiger partial charge in [0, 0.05) is 0 Å². The highest BCUT2D eigenvalue weighted by Crippen LogP contribution is 2.43. The van der Waals surface area contributed by atoms with Crippen molar-refractivity contribution in [1.29, 1.82) is 0 Å². The molecule has 0 saturated heterocycles. The Morgan fingerprint density at radius 1 is 1.53 bits per heavy atom. The van der Waals surface area contributed by atoms with Crippen molar-refractivity contribution in [2.24, 2.45) is 0 Å². The number of allylic oxidation sites excluding steroid dienone is 1. The van der Waals surface area contributed by atoms with Crippen LogP contribution >= 0.6 is 11.6 Å². The summed E-state index contributed by atoms with van der Waals surface area (Å²) in [6.45, 7) is 2.10. The van der Waals surface area contributed by atoms with E-state index >= 15 is 0 Å². The van der Waals surface area contributed by atoms with Gasteiger partial charge in [0.25, 0.3) is 0 Å². The third-order valence-electron chi connectivity index (χ3n) is 3.24. The molecule has 0 bridgehead atoms. The molecule has 1 atom stereocenters. The van der Waals surface area contributed by atoms with Crippen LogP contribution in [-0.4, -0.2) is 26.1 Å². The lowest BCUT2D eigenvalue weighted by atomic mass is 10.2. The van der Waals surface area contributed by atoms with E-state index in [-0.39, 0.29) is 16.4 Å². The minimum Gasteiger partial charge on any atom is -0.470 e. The van der Waals surface area contributed by atoms with Gasteiger partial charge in [-0.1, -0.05) is 11.6 Å². The second-order valence-corrected chi connectivity index (χ2v) is 6.87. The van der Waals surface area contributed by atoms with Crippen LogP contribution in [0.25, 0.3) is 0 Å². The molecule has 5 nitrogen and oxygen atoms in total. The molecule has 17 heavy (non-hydrogen) atoms. The topological polar surface area (TPSA) is 67.4 Å². The van der Waals surface area contributed by atoms with Crippen molar-refractivity contribution in [3.8, 4) is 0 Å². The van der Waals surface area contributed by atoms with Gasteiger partial charge < -0.3 is 10.1 Å². The largest absolute Gasteiger partial charge is 0.470 e. The SMILES string of the molecule is CC1=CC2=C(NC1Cl)OC1(CC1)CNS2(=O)=O. The summed E-state index contributed by atoms with van der Waals surface area (Å²) < 4.78 is 32.4. The molecule has 1 saturated carbocycles. The van der Waals surface area contributed by atoms with E-state index in [0.29, 0.717) is 6.54 Å². The normalized spacial score (nSPS) is 33.1. The number of dihydropyridines is 1. The number of halogens is 1. The molecule has 0 aromatic carbocycles. The van der Waals surface area contributed by atoms with E-state index in [2.05, 4.69) is 10.0 Å². The number of hydrogen-bond acceptors (Lipinski definition) is 4. The Kier molecular flexibility index (Phi) is 2.27. The predicted molar refractivity (Wildman–Crippen MR) is 63.5 cm³/mol. The highest BCUT2D eigenvalue weighted by molar-refractivity contribution is 7.93. The van der Waals surface area contributed by atoms with Gasteiger partial charge in [-0.25, -0.2) is 13.1 Å². The highest BCUT2D eigenvalue weighted by Gasteiger charge is 2.50. The van der Waals surface area contributed by atoms with Crippen molar-refractivity contribution in [1.82, 2.24) is 10.0 Å². The first-order valence-electron chi connectivity index (χ1n) is 5.44. The Morgan fingerprint density at radius 2 is 2.24 bits per heavy atom. The molecule has 0 radical (unpaired) electrons. The maximum atomic E-state index is 12.0. The average Bonchev–Trinajstić information content (AvgIpc) is 3.01. The summed E-state index contributed by atoms with van der Waals surface area (Å²) in [5.41, 5.74) is -0.0312. The molecule has 2 aliphatic heterocycles. The van der Waals surface area contributed by atoms with E-state index < -0.39 is 15.5 Å². The van der Waals surface area contributed by atoms with Crippen LogP contribution in [0.3, 0.4) is 0 Å². The van der Waals surface area contributed by atoms with Crippen molar-refractivity contribution < 1.29 is 13.2 Å².